The van der Waals surface area contributed by atoms with Crippen LogP contribution >= 0.6 is 23.2 Å². The summed E-state index contributed by atoms with van der Waals surface area (Å²) >= 11 is 11.9. The maximum atomic E-state index is 12.3. The van der Waals surface area contributed by atoms with Gasteiger partial charge in [-0.15, -0.1) is 10.2 Å². The number of carbonyl (C=O) groups excluding carboxylic acids is 1. The molecule has 1 unspecified atom stereocenters. The minimum Gasteiger partial charge on any atom is -0.355 e. The first-order chi connectivity index (χ1) is 11.5. The van der Waals surface area contributed by atoms with Gasteiger partial charge in [0.1, 0.15) is 0 Å². The van der Waals surface area contributed by atoms with E-state index in [1.165, 1.54) is 6.42 Å². The minimum absolute atomic E-state index is 0.245. The van der Waals surface area contributed by atoms with E-state index >= 15 is 0 Å². The molecule has 126 valence electrons. The van der Waals surface area contributed by atoms with Crippen LogP contribution in [0.25, 0.3) is 0 Å². The third-order valence-corrected chi connectivity index (χ3v) is 4.59. The zero-order chi connectivity index (χ0) is 17.1. The normalized spacial score (nSPS) is 17.6. The first-order valence-corrected chi connectivity index (χ1v) is 8.63. The van der Waals surface area contributed by atoms with Gasteiger partial charge in [0.25, 0.3) is 5.91 Å². The lowest BCUT2D eigenvalue weighted by Crippen LogP contribution is -2.35. The van der Waals surface area contributed by atoms with Crippen molar-refractivity contribution in [2.75, 3.05) is 23.3 Å². The molecule has 3 rings (SSSR count). The van der Waals surface area contributed by atoms with Crippen LogP contribution in [0.2, 0.25) is 10.0 Å². The Kier molecular flexibility index (Phi) is 5.21. The zero-order valence-corrected chi connectivity index (χ0v) is 14.8. The topological polar surface area (TPSA) is 58.1 Å². The molecule has 2 aromatic rings. The molecule has 1 atom stereocenters. The number of nitrogens with zero attached hydrogens (tertiary/aromatic N) is 3. The molecule has 0 aliphatic carbocycles. The molecule has 0 spiro atoms. The standard InChI is InChI=1S/C17H18Cl2N4O/c1-11-3-2-8-23(10-11)16-7-6-15(21-22-16)17(24)20-14-5-4-12(18)9-13(14)19/h4-7,9,11H,2-3,8,10H2,1H3,(H,20,24). The summed E-state index contributed by atoms with van der Waals surface area (Å²) in [6, 6.07) is 8.41. The Morgan fingerprint density at radius 1 is 1.25 bits per heavy atom. The molecule has 0 radical (unpaired) electrons. The maximum Gasteiger partial charge on any atom is 0.276 e. The van der Waals surface area contributed by atoms with Crippen LogP contribution in [0.5, 0.6) is 0 Å². The number of benzene rings is 1. The number of rotatable bonds is 3. The van der Waals surface area contributed by atoms with Crippen molar-refractivity contribution in [3.8, 4) is 0 Å². The Morgan fingerprint density at radius 3 is 2.75 bits per heavy atom. The van der Waals surface area contributed by atoms with Crippen molar-refractivity contribution in [2.45, 2.75) is 19.8 Å². The molecule has 1 N–H and O–H groups in total. The maximum absolute atomic E-state index is 12.3. The summed E-state index contributed by atoms with van der Waals surface area (Å²) in [6.45, 7) is 4.18. The molecule has 24 heavy (non-hydrogen) atoms. The fourth-order valence-corrected chi connectivity index (χ4v) is 3.25. The molecule has 5 nitrogen and oxygen atoms in total. The molecule has 1 aliphatic heterocycles. The van der Waals surface area contributed by atoms with Gasteiger partial charge in [0, 0.05) is 18.1 Å². The highest BCUT2D eigenvalue weighted by atomic mass is 35.5. The van der Waals surface area contributed by atoms with Crippen molar-refractivity contribution in [1.29, 1.82) is 0 Å². The predicted molar refractivity (Wildman–Crippen MR) is 97.1 cm³/mol. The van der Waals surface area contributed by atoms with Crippen LogP contribution < -0.4 is 10.2 Å². The highest BCUT2D eigenvalue weighted by Gasteiger charge is 2.18. The van der Waals surface area contributed by atoms with Gasteiger partial charge in [-0.25, -0.2) is 0 Å². The molecular weight excluding hydrogens is 347 g/mol. The molecule has 1 aromatic carbocycles. The van der Waals surface area contributed by atoms with E-state index in [4.69, 9.17) is 23.2 Å². The zero-order valence-electron chi connectivity index (χ0n) is 13.3. The Hall–Kier alpha value is -1.85. The van der Waals surface area contributed by atoms with Gasteiger partial charge >= 0.3 is 0 Å². The second kappa shape index (κ2) is 7.36. The van der Waals surface area contributed by atoms with Gasteiger partial charge in [0.15, 0.2) is 11.5 Å². The van der Waals surface area contributed by atoms with Crippen molar-refractivity contribution in [2.24, 2.45) is 5.92 Å². The second-order valence-electron chi connectivity index (χ2n) is 6.05. The van der Waals surface area contributed by atoms with Gasteiger partial charge in [0.05, 0.1) is 10.7 Å². The largest absolute Gasteiger partial charge is 0.355 e. The number of aromatic nitrogens is 2. The van der Waals surface area contributed by atoms with Crippen LogP contribution in [0.4, 0.5) is 11.5 Å². The highest BCUT2D eigenvalue weighted by Crippen LogP contribution is 2.26. The molecule has 2 heterocycles. The molecule has 0 saturated carbocycles. The number of anilines is 2. The lowest BCUT2D eigenvalue weighted by atomic mass is 10.0. The van der Waals surface area contributed by atoms with Crippen molar-refractivity contribution in [1.82, 2.24) is 10.2 Å². The first kappa shape index (κ1) is 17.0. The quantitative estimate of drug-likeness (QED) is 0.883. The van der Waals surface area contributed by atoms with E-state index in [2.05, 4.69) is 27.3 Å². The Labute approximate surface area is 151 Å². The van der Waals surface area contributed by atoms with Gasteiger partial charge in [-0.3, -0.25) is 4.79 Å². The summed E-state index contributed by atoms with van der Waals surface area (Å²) in [6.07, 6.45) is 2.40. The summed E-state index contributed by atoms with van der Waals surface area (Å²) < 4.78 is 0. The smallest absolute Gasteiger partial charge is 0.276 e. The Morgan fingerprint density at radius 2 is 2.08 bits per heavy atom. The SMILES string of the molecule is CC1CCCN(c2ccc(C(=O)Nc3ccc(Cl)cc3Cl)nn2)C1. The summed E-state index contributed by atoms with van der Waals surface area (Å²) in [4.78, 5) is 14.5. The van der Waals surface area contributed by atoms with Gasteiger partial charge in [-0.05, 0) is 49.1 Å². The average molecular weight is 365 g/mol. The number of nitrogens with one attached hydrogen (secondary N) is 1. The molecule has 1 fully saturated rings. The van der Waals surface area contributed by atoms with E-state index in [0.29, 0.717) is 21.7 Å². The highest BCUT2D eigenvalue weighted by molar-refractivity contribution is 6.36. The fourth-order valence-electron chi connectivity index (χ4n) is 2.79. The second-order valence-corrected chi connectivity index (χ2v) is 6.89. The van der Waals surface area contributed by atoms with E-state index < -0.39 is 0 Å². The van der Waals surface area contributed by atoms with E-state index in [0.717, 1.165) is 25.3 Å². The van der Waals surface area contributed by atoms with Crippen LogP contribution in [0.3, 0.4) is 0 Å². The lowest BCUT2D eigenvalue weighted by Gasteiger charge is -2.31. The van der Waals surface area contributed by atoms with Crippen LogP contribution in [0.15, 0.2) is 30.3 Å². The van der Waals surface area contributed by atoms with Crippen LogP contribution in [0.1, 0.15) is 30.3 Å². The first-order valence-electron chi connectivity index (χ1n) is 7.88. The fraction of sp³-hybridized carbons (Fsp3) is 0.353. The molecule has 1 saturated heterocycles. The summed E-state index contributed by atoms with van der Waals surface area (Å²) in [5.41, 5.74) is 0.733. The van der Waals surface area contributed by atoms with Crippen LogP contribution in [-0.4, -0.2) is 29.2 Å². The summed E-state index contributed by atoms with van der Waals surface area (Å²) in [5, 5.41) is 11.9. The molecule has 1 aromatic heterocycles. The molecule has 1 amide bonds. The molecule has 0 bridgehead atoms. The third-order valence-electron chi connectivity index (χ3n) is 4.04. The Balaban J connectivity index is 1.69. The number of piperidine rings is 1. The number of carbonyl (C=O) groups is 1. The molecule has 7 heteroatoms. The third kappa shape index (κ3) is 3.97. The summed E-state index contributed by atoms with van der Waals surface area (Å²) in [7, 11) is 0. The molecular formula is C17H18Cl2N4O. The Bertz CT molecular complexity index is 736. The van der Waals surface area contributed by atoms with E-state index in [9.17, 15) is 4.79 Å². The van der Waals surface area contributed by atoms with Gasteiger partial charge in [0.2, 0.25) is 0 Å². The van der Waals surface area contributed by atoms with E-state index in [1.807, 2.05) is 6.07 Å². The average Bonchev–Trinajstić information content (AvgIpc) is 2.57. The van der Waals surface area contributed by atoms with Crippen LogP contribution in [0, 0.1) is 5.92 Å². The monoisotopic (exact) mass is 364 g/mol. The summed E-state index contributed by atoms with van der Waals surface area (Å²) in [5.74, 6) is 1.10. The van der Waals surface area contributed by atoms with Crippen molar-refractivity contribution < 1.29 is 4.79 Å². The van der Waals surface area contributed by atoms with Gasteiger partial charge in [-0.2, -0.15) is 0 Å². The van der Waals surface area contributed by atoms with Crippen molar-refractivity contribution >= 4 is 40.6 Å². The minimum atomic E-state index is -0.356. The van der Waals surface area contributed by atoms with Gasteiger partial charge < -0.3 is 10.2 Å². The van der Waals surface area contributed by atoms with Crippen molar-refractivity contribution in [3.05, 3.63) is 46.1 Å². The number of hydrogen-bond donors (Lipinski definition) is 1. The number of hydrogen-bond acceptors (Lipinski definition) is 4. The number of amides is 1. The van der Waals surface area contributed by atoms with Gasteiger partial charge in [-0.1, -0.05) is 30.1 Å². The number of halogens is 2. The van der Waals surface area contributed by atoms with Crippen LogP contribution in [-0.2, 0) is 0 Å². The van der Waals surface area contributed by atoms with E-state index in [-0.39, 0.29) is 11.6 Å². The lowest BCUT2D eigenvalue weighted by molar-refractivity contribution is 0.102. The predicted octanol–water partition coefficient (Wildman–Crippen LogP) is 4.27. The molecule has 1 aliphatic rings. The van der Waals surface area contributed by atoms with Crippen molar-refractivity contribution in [3.63, 3.8) is 0 Å². The van der Waals surface area contributed by atoms with E-state index in [1.54, 1.807) is 24.3 Å².